The molecular weight excluding hydrogens is 228 g/mol. The Morgan fingerprint density at radius 2 is 2.12 bits per heavy atom. The van der Waals surface area contributed by atoms with Gasteiger partial charge < -0.3 is 15.1 Å². The number of rotatable bonds is 4. The predicted octanol–water partition coefficient (Wildman–Crippen LogP) is 1.43. The molecule has 0 bridgehead atoms. The Bertz CT molecular complexity index is 363. The van der Waals surface area contributed by atoms with Gasteiger partial charge in [0.05, 0.1) is 17.2 Å². The maximum absolute atomic E-state index is 9.69. The molecule has 5 heteroatoms. The van der Waals surface area contributed by atoms with E-state index in [-0.39, 0.29) is 6.61 Å². The van der Waals surface area contributed by atoms with Crippen LogP contribution in [0.25, 0.3) is 0 Å². The van der Waals surface area contributed by atoms with Crippen molar-refractivity contribution in [3.63, 3.8) is 0 Å². The minimum atomic E-state index is -0.810. The van der Waals surface area contributed by atoms with Gasteiger partial charge in [0.1, 0.15) is 5.82 Å². The predicted molar refractivity (Wildman–Crippen MR) is 64.7 cm³/mol. The fourth-order valence-corrected chi connectivity index (χ4v) is 1.83. The maximum Gasteiger partial charge on any atom is 0.147 e. The van der Waals surface area contributed by atoms with Gasteiger partial charge in [0.15, 0.2) is 0 Å². The highest BCUT2D eigenvalue weighted by Crippen LogP contribution is 2.24. The molecule has 0 amide bonds. The third-order valence-electron chi connectivity index (χ3n) is 2.05. The molecule has 0 atom stereocenters. The lowest BCUT2D eigenvalue weighted by Crippen LogP contribution is -2.36. The average Bonchev–Trinajstić information content (AvgIpc) is 2.14. The van der Waals surface area contributed by atoms with Crippen LogP contribution in [0, 0.1) is 0 Å². The lowest BCUT2D eigenvalue weighted by Gasteiger charge is -2.27. The van der Waals surface area contributed by atoms with E-state index in [1.165, 1.54) is 0 Å². The molecule has 0 unspecified atom stereocenters. The van der Waals surface area contributed by atoms with Gasteiger partial charge in [0.2, 0.25) is 0 Å². The van der Waals surface area contributed by atoms with Gasteiger partial charge in [0.25, 0.3) is 0 Å². The van der Waals surface area contributed by atoms with E-state index in [0.29, 0.717) is 22.9 Å². The van der Waals surface area contributed by atoms with Gasteiger partial charge in [-0.15, -0.1) is 0 Å². The molecule has 2 N–H and O–H groups in total. The Hall–Kier alpha value is -0.840. The molecule has 4 nitrogen and oxygen atoms in total. The SMILES string of the molecule is CN(CC(C)(C)O)c1ncc(CO)cc1Cl. The molecular formula is C11H17ClN2O2. The van der Waals surface area contributed by atoms with Crippen LogP contribution < -0.4 is 4.90 Å². The van der Waals surface area contributed by atoms with Crippen molar-refractivity contribution in [1.29, 1.82) is 0 Å². The minimum absolute atomic E-state index is 0.0811. The van der Waals surface area contributed by atoms with Gasteiger partial charge >= 0.3 is 0 Å². The average molecular weight is 245 g/mol. The molecule has 0 saturated heterocycles. The highest BCUT2D eigenvalue weighted by molar-refractivity contribution is 6.33. The molecule has 1 aromatic rings. The Labute approximate surface area is 100 Å². The lowest BCUT2D eigenvalue weighted by atomic mass is 10.1. The molecule has 0 saturated carbocycles. The second kappa shape index (κ2) is 4.99. The summed E-state index contributed by atoms with van der Waals surface area (Å²) in [5.74, 6) is 0.598. The first-order valence-corrected chi connectivity index (χ1v) is 5.40. The van der Waals surface area contributed by atoms with Gasteiger partial charge in [-0.2, -0.15) is 0 Å². The number of hydrogen-bond acceptors (Lipinski definition) is 4. The molecule has 0 radical (unpaired) electrons. The highest BCUT2D eigenvalue weighted by Gasteiger charge is 2.18. The number of hydrogen-bond donors (Lipinski definition) is 2. The zero-order valence-corrected chi connectivity index (χ0v) is 10.5. The smallest absolute Gasteiger partial charge is 0.147 e. The van der Waals surface area contributed by atoms with E-state index in [9.17, 15) is 5.11 Å². The summed E-state index contributed by atoms with van der Waals surface area (Å²) in [7, 11) is 1.81. The second-order valence-electron chi connectivity index (χ2n) is 4.48. The largest absolute Gasteiger partial charge is 0.392 e. The van der Waals surface area contributed by atoms with Crippen LogP contribution in [-0.2, 0) is 6.61 Å². The quantitative estimate of drug-likeness (QED) is 0.842. The number of aromatic nitrogens is 1. The Balaban J connectivity index is 2.88. The number of pyridine rings is 1. The van der Waals surface area contributed by atoms with Crippen LogP contribution in [0.3, 0.4) is 0 Å². The third-order valence-corrected chi connectivity index (χ3v) is 2.32. The lowest BCUT2D eigenvalue weighted by molar-refractivity contribution is 0.0884. The van der Waals surface area contributed by atoms with Crippen molar-refractivity contribution in [2.75, 3.05) is 18.5 Å². The molecule has 0 spiro atoms. The molecule has 0 aromatic carbocycles. The molecule has 90 valence electrons. The summed E-state index contributed by atoms with van der Waals surface area (Å²) in [6.45, 7) is 3.79. The van der Waals surface area contributed by atoms with E-state index < -0.39 is 5.60 Å². The van der Waals surface area contributed by atoms with Crippen molar-refractivity contribution in [3.05, 3.63) is 22.8 Å². The van der Waals surface area contributed by atoms with Gasteiger partial charge in [-0.05, 0) is 25.5 Å². The summed E-state index contributed by atoms with van der Waals surface area (Å²) >= 11 is 6.03. The van der Waals surface area contributed by atoms with Gasteiger partial charge in [-0.1, -0.05) is 11.6 Å². The number of aliphatic hydroxyl groups is 2. The summed E-state index contributed by atoms with van der Waals surface area (Å²) in [6, 6.07) is 1.67. The van der Waals surface area contributed by atoms with Crippen LogP contribution in [0.1, 0.15) is 19.4 Å². The van der Waals surface area contributed by atoms with Crippen molar-refractivity contribution in [2.45, 2.75) is 26.1 Å². The summed E-state index contributed by atoms with van der Waals surface area (Å²) in [4.78, 5) is 5.94. The Kier molecular flexibility index (Phi) is 4.13. The molecule has 16 heavy (non-hydrogen) atoms. The van der Waals surface area contributed by atoms with Crippen molar-refractivity contribution >= 4 is 17.4 Å². The van der Waals surface area contributed by atoms with Crippen LogP contribution in [0.4, 0.5) is 5.82 Å². The van der Waals surface area contributed by atoms with Gasteiger partial charge in [-0.3, -0.25) is 0 Å². The topological polar surface area (TPSA) is 56.6 Å². The molecule has 0 aliphatic rings. The van der Waals surface area contributed by atoms with E-state index in [1.54, 1.807) is 31.0 Å². The maximum atomic E-state index is 9.69. The van der Waals surface area contributed by atoms with Crippen molar-refractivity contribution in [2.24, 2.45) is 0 Å². The van der Waals surface area contributed by atoms with Crippen LogP contribution in [0.2, 0.25) is 5.02 Å². The first kappa shape index (κ1) is 13.2. The van der Waals surface area contributed by atoms with Crippen molar-refractivity contribution in [3.8, 4) is 0 Å². The van der Waals surface area contributed by atoms with E-state index in [0.717, 1.165) is 0 Å². The zero-order valence-electron chi connectivity index (χ0n) is 9.74. The van der Waals surface area contributed by atoms with E-state index in [4.69, 9.17) is 16.7 Å². The van der Waals surface area contributed by atoms with Crippen molar-refractivity contribution < 1.29 is 10.2 Å². The summed E-state index contributed by atoms with van der Waals surface area (Å²) in [5, 5.41) is 19.1. The molecule has 1 rings (SSSR count). The monoisotopic (exact) mass is 244 g/mol. The number of halogens is 1. The van der Waals surface area contributed by atoms with Gasteiger partial charge in [-0.25, -0.2) is 4.98 Å². The molecule has 0 fully saturated rings. The zero-order chi connectivity index (χ0) is 12.3. The van der Waals surface area contributed by atoms with Crippen LogP contribution in [-0.4, -0.2) is 34.4 Å². The number of nitrogens with zero attached hydrogens (tertiary/aromatic N) is 2. The molecule has 1 aromatic heterocycles. The Morgan fingerprint density at radius 3 is 2.56 bits per heavy atom. The summed E-state index contributed by atoms with van der Waals surface area (Å²) in [6.07, 6.45) is 1.57. The Morgan fingerprint density at radius 1 is 1.50 bits per heavy atom. The van der Waals surface area contributed by atoms with E-state index in [1.807, 2.05) is 7.05 Å². The van der Waals surface area contributed by atoms with Crippen LogP contribution in [0.5, 0.6) is 0 Å². The normalized spacial score (nSPS) is 11.6. The summed E-state index contributed by atoms with van der Waals surface area (Å²) in [5.41, 5.74) is -0.138. The van der Waals surface area contributed by atoms with E-state index >= 15 is 0 Å². The number of anilines is 1. The van der Waals surface area contributed by atoms with Crippen molar-refractivity contribution in [1.82, 2.24) is 4.98 Å². The fraction of sp³-hybridized carbons (Fsp3) is 0.545. The standard InChI is InChI=1S/C11H17ClN2O2/c1-11(2,16)7-14(3)10-9(12)4-8(6-15)5-13-10/h4-5,15-16H,6-7H2,1-3H3. The second-order valence-corrected chi connectivity index (χ2v) is 4.88. The number of likely N-dealkylation sites (N-methyl/N-ethyl adjacent to an activating group) is 1. The number of aliphatic hydroxyl groups excluding tert-OH is 1. The molecule has 0 aliphatic carbocycles. The first-order valence-electron chi connectivity index (χ1n) is 5.02. The van der Waals surface area contributed by atoms with Gasteiger partial charge in [0, 0.05) is 19.8 Å². The summed E-state index contributed by atoms with van der Waals surface area (Å²) < 4.78 is 0. The van der Waals surface area contributed by atoms with Crippen LogP contribution in [0.15, 0.2) is 12.3 Å². The molecule has 0 aliphatic heterocycles. The third kappa shape index (κ3) is 3.63. The first-order chi connectivity index (χ1) is 7.33. The van der Waals surface area contributed by atoms with Crippen LogP contribution >= 0.6 is 11.6 Å². The highest BCUT2D eigenvalue weighted by atomic mass is 35.5. The minimum Gasteiger partial charge on any atom is -0.392 e. The fourth-order valence-electron chi connectivity index (χ4n) is 1.49. The van der Waals surface area contributed by atoms with E-state index in [2.05, 4.69) is 4.98 Å². The molecule has 1 heterocycles.